The van der Waals surface area contributed by atoms with Gasteiger partial charge in [0, 0.05) is 36.3 Å². The second-order valence-electron chi connectivity index (χ2n) is 4.80. The van der Waals surface area contributed by atoms with E-state index >= 15 is 0 Å². The molecule has 23 heavy (non-hydrogen) atoms. The molecule has 0 atom stereocenters. The van der Waals surface area contributed by atoms with Crippen molar-refractivity contribution in [3.63, 3.8) is 0 Å². The Hall–Kier alpha value is -2.80. The Kier molecular flexibility index (Phi) is 4.29. The lowest BCUT2D eigenvalue weighted by molar-refractivity contribution is -0.384. The van der Waals surface area contributed by atoms with Crippen LogP contribution in [0.1, 0.15) is 5.69 Å². The van der Waals surface area contributed by atoms with E-state index in [-0.39, 0.29) is 10.7 Å². The number of rotatable bonds is 5. The SMILES string of the molecule is O=[N+]([O-])c1cc2c(NCCc3ccccn3)ncnc2cc1Cl. The molecule has 0 radical (unpaired) electrons. The molecule has 3 aromatic rings. The Labute approximate surface area is 136 Å². The summed E-state index contributed by atoms with van der Waals surface area (Å²) < 4.78 is 0. The molecule has 0 spiro atoms. The molecule has 1 aromatic carbocycles. The third kappa shape index (κ3) is 3.35. The van der Waals surface area contributed by atoms with Gasteiger partial charge in [-0.05, 0) is 18.2 Å². The molecule has 1 N–H and O–H groups in total. The number of hydrogen-bond donors (Lipinski definition) is 1. The zero-order chi connectivity index (χ0) is 16.2. The molecule has 2 aromatic heterocycles. The van der Waals surface area contributed by atoms with Gasteiger partial charge in [-0.25, -0.2) is 9.97 Å². The maximum absolute atomic E-state index is 11.0. The van der Waals surface area contributed by atoms with E-state index in [1.807, 2.05) is 18.2 Å². The largest absolute Gasteiger partial charge is 0.369 e. The predicted molar refractivity (Wildman–Crippen MR) is 87.6 cm³/mol. The van der Waals surface area contributed by atoms with Gasteiger partial charge in [-0.1, -0.05) is 17.7 Å². The maximum Gasteiger partial charge on any atom is 0.288 e. The zero-order valence-corrected chi connectivity index (χ0v) is 12.7. The van der Waals surface area contributed by atoms with Gasteiger partial charge in [0.1, 0.15) is 17.2 Å². The van der Waals surface area contributed by atoms with Crippen LogP contribution in [0.3, 0.4) is 0 Å². The van der Waals surface area contributed by atoms with E-state index in [2.05, 4.69) is 20.3 Å². The number of fused-ring (bicyclic) bond motifs is 1. The highest BCUT2D eigenvalue weighted by molar-refractivity contribution is 6.33. The van der Waals surface area contributed by atoms with E-state index in [9.17, 15) is 10.1 Å². The molecule has 0 amide bonds. The van der Waals surface area contributed by atoms with Gasteiger partial charge in [-0.3, -0.25) is 15.1 Å². The minimum absolute atomic E-state index is 0.0561. The van der Waals surface area contributed by atoms with E-state index < -0.39 is 4.92 Å². The van der Waals surface area contributed by atoms with Crippen molar-refractivity contribution in [3.8, 4) is 0 Å². The van der Waals surface area contributed by atoms with Gasteiger partial charge >= 0.3 is 0 Å². The van der Waals surface area contributed by atoms with Gasteiger partial charge in [0.25, 0.3) is 5.69 Å². The van der Waals surface area contributed by atoms with E-state index in [0.717, 1.165) is 5.69 Å². The topological polar surface area (TPSA) is 93.8 Å². The fourth-order valence-electron chi connectivity index (χ4n) is 2.20. The fourth-order valence-corrected chi connectivity index (χ4v) is 2.43. The first-order valence-corrected chi connectivity index (χ1v) is 7.25. The molecule has 7 nitrogen and oxygen atoms in total. The van der Waals surface area contributed by atoms with Gasteiger partial charge in [-0.15, -0.1) is 0 Å². The molecule has 0 saturated carbocycles. The van der Waals surface area contributed by atoms with Gasteiger partial charge in [0.15, 0.2) is 0 Å². The predicted octanol–water partition coefficient (Wildman–Crippen LogP) is 3.24. The lowest BCUT2D eigenvalue weighted by Crippen LogP contribution is -2.08. The average Bonchev–Trinajstić information content (AvgIpc) is 2.55. The van der Waals surface area contributed by atoms with E-state index in [0.29, 0.717) is 29.7 Å². The van der Waals surface area contributed by atoms with Crippen LogP contribution in [0.4, 0.5) is 11.5 Å². The molecule has 0 bridgehead atoms. The van der Waals surface area contributed by atoms with Crippen LogP contribution in [-0.4, -0.2) is 26.4 Å². The summed E-state index contributed by atoms with van der Waals surface area (Å²) in [6.45, 7) is 0.597. The summed E-state index contributed by atoms with van der Waals surface area (Å²) in [7, 11) is 0. The first-order valence-electron chi connectivity index (χ1n) is 6.87. The Bertz CT molecular complexity index is 857. The lowest BCUT2D eigenvalue weighted by atomic mass is 10.2. The van der Waals surface area contributed by atoms with Crippen molar-refractivity contribution in [2.45, 2.75) is 6.42 Å². The normalized spacial score (nSPS) is 10.7. The van der Waals surface area contributed by atoms with Crippen molar-refractivity contribution < 1.29 is 4.92 Å². The number of halogens is 1. The van der Waals surface area contributed by atoms with Crippen molar-refractivity contribution in [1.82, 2.24) is 15.0 Å². The van der Waals surface area contributed by atoms with Gasteiger partial charge < -0.3 is 5.32 Å². The number of nitro groups is 1. The standard InChI is InChI=1S/C15H12ClN5O2/c16-12-8-13-11(7-14(12)21(22)23)15(20-9-19-13)18-6-4-10-3-1-2-5-17-10/h1-3,5,7-9H,4,6H2,(H,18,19,20). The average molecular weight is 330 g/mol. The van der Waals surface area contributed by atoms with E-state index in [4.69, 9.17) is 11.6 Å². The molecule has 3 rings (SSSR count). The summed E-state index contributed by atoms with van der Waals surface area (Å²) in [4.78, 5) is 23.0. The second-order valence-corrected chi connectivity index (χ2v) is 5.21. The number of anilines is 1. The van der Waals surface area contributed by atoms with Gasteiger partial charge in [-0.2, -0.15) is 0 Å². The number of nitrogens with zero attached hydrogens (tertiary/aromatic N) is 4. The molecule has 0 aliphatic carbocycles. The lowest BCUT2D eigenvalue weighted by Gasteiger charge is -2.08. The quantitative estimate of drug-likeness (QED) is 0.570. The highest BCUT2D eigenvalue weighted by Gasteiger charge is 2.16. The number of pyridine rings is 1. The number of nitrogens with one attached hydrogen (secondary N) is 1. The van der Waals surface area contributed by atoms with Crippen molar-refractivity contribution >= 4 is 34.0 Å². The number of hydrogen-bond acceptors (Lipinski definition) is 6. The van der Waals surface area contributed by atoms with Crippen molar-refractivity contribution in [3.05, 3.63) is 63.7 Å². The van der Waals surface area contributed by atoms with Crippen molar-refractivity contribution in [2.24, 2.45) is 0 Å². The molecule has 0 saturated heterocycles. The van der Waals surface area contributed by atoms with Crippen LogP contribution < -0.4 is 5.32 Å². The van der Waals surface area contributed by atoms with Crippen LogP contribution in [0, 0.1) is 10.1 Å². The first-order chi connectivity index (χ1) is 11.1. The van der Waals surface area contributed by atoms with Crippen molar-refractivity contribution in [1.29, 1.82) is 0 Å². The molecule has 0 unspecified atom stereocenters. The third-order valence-electron chi connectivity index (χ3n) is 3.30. The Morgan fingerprint density at radius 2 is 2.09 bits per heavy atom. The summed E-state index contributed by atoms with van der Waals surface area (Å²) in [6.07, 6.45) is 3.84. The Morgan fingerprint density at radius 1 is 1.22 bits per heavy atom. The molecule has 0 aliphatic heterocycles. The van der Waals surface area contributed by atoms with Crippen molar-refractivity contribution in [2.75, 3.05) is 11.9 Å². The van der Waals surface area contributed by atoms with E-state index in [1.54, 1.807) is 6.20 Å². The summed E-state index contributed by atoms with van der Waals surface area (Å²) in [5.74, 6) is 0.533. The van der Waals surface area contributed by atoms with Crippen LogP contribution in [0.5, 0.6) is 0 Å². The smallest absolute Gasteiger partial charge is 0.288 e. The summed E-state index contributed by atoms with van der Waals surface area (Å²) in [5.41, 5.74) is 1.34. The summed E-state index contributed by atoms with van der Waals surface area (Å²) in [6, 6.07) is 8.58. The first kappa shape index (κ1) is 15.1. The molecule has 0 fully saturated rings. The second kappa shape index (κ2) is 6.53. The Morgan fingerprint density at radius 3 is 2.83 bits per heavy atom. The summed E-state index contributed by atoms with van der Waals surface area (Å²) >= 11 is 5.90. The molecular weight excluding hydrogens is 318 g/mol. The van der Waals surface area contributed by atoms with Gasteiger partial charge in [0.2, 0.25) is 0 Å². The third-order valence-corrected chi connectivity index (χ3v) is 3.60. The van der Waals surface area contributed by atoms with Gasteiger partial charge in [0.05, 0.1) is 10.4 Å². The van der Waals surface area contributed by atoms with Crippen LogP contribution in [0.2, 0.25) is 5.02 Å². The van der Waals surface area contributed by atoms with Crippen LogP contribution in [0.25, 0.3) is 10.9 Å². The minimum atomic E-state index is -0.521. The zero-order valence-electron chi connectivity index (χ0n) is 11.9. The highest BCUT2D eigenvalue weighted by Crippen LogP contribution is 2.31. The molecule has 8 heteroatoms. The van der Waals surface area contributed by atoms with Crippen LogP contribution >= 0.6 is 11.6 Å². The number of nitro benzene ring substituents is 1. The molecular formula is C15H12ClN5O2. The van der Waals surface area contributed by atoms with Crippen LogP contribution in [-0.2, 0) is 6.42 Å². The highest BCUT2D eigenvalue weighted by atomic mass is 35.5. The molecule has 116 valence electrons. The van der Waals surface area contributed by atoms with E-state index in [1.165, 1.54) is 18.5 Å². The monoisotopic (exact) mass is 329 g/mol. The maximum atomic E-state index is 11.0. The van der Waals surface area contributed by atoms with Crippen LogP contribution in [0.15, 0.2) is 42.9 Å². The summed E-state index contributed by atoms with van der Waals surface area (Å²) in [5, 5.41) is 14.8. The fraction of sp³-hybridized carbons (Fsp3) is 0.133. The molecule has 0 aliphatic rings. The number of aromatic nitrogens is 3. The number of benzene rings is 1. The Balaban J connectivity index is 1.85. The molecule has 2 heterocycles. The minimum Gasteiger partial charge on any atom is -0.369 e.